The lowest BCUT2D eigenvalue weighted by molar-refractivity contribution is -0.274. The third kappa shape index (κ3) is 5.01. The molecule has 0 unspecified atom stereocenters. The van der Waals surface area contributed by atoms with Gasteiger partial charge in [0.1, 0.15) is 12.0 Å². The second-order valence-corrected chi connectivity index (χ2v) is 3.42. The number of hydrogen-bond donors (Lipinski definition) is 1. The maximum Gasteiger partial charge on any atom is 0.573 e. The standard InChI is InChI=1S/C12H11F3O3/c13-12(14,15)18-11-6-9(3-1-2-4-16)5-10(7-11)8-17/h1,3,5-8,16H,2,4H2. The van der Waals surface area contributed by atoms with Crippen molar-refractivity contribution < 1.29 is 27.8 Å². The van der Waals surface area contributed by atoms with E-state index in [-0.39, 0.29) is 12.2 Å². The molecule has 1 aromatic rings. The number of hydrogen-bond acceptors (Lipinski definition) is 3. The first-order chi connectivity index (χ1) is 8.44. The molecular weight excluding hydrogens is 249 g/mol. The van der Waals surface area contributed by atoms with E-state index < -0.39 is 12.1 Å². The Labute approximate surface area is 101 Å². The molecule has 0 atom stereocenters. The van der Waals surface area contributed by atoms with Crippen LogP contribution in [0.4, 0.5) is 13.2 Å². The Hall–Kier alpha value is -1.82. The number of alkyl halides is 3. The minimum Gasteiger partial charge on any atom is -0.406 e. The second kappa shape index (κ2) is 6.20. The molecule has 0 aliphatic rings. The Balaban J connectivity index is 2.98. The Bertz CT molecular complexity index is 439. The zero-order valence-electron chi connectivity index (χ0n) is 9.28. The van der Waals surface area contributed by atoms with E-state index in [1.807, 2.05) is 0 Å². The summed E-state index contributed by atoms with van der Waals surface area (Å²) in [5.74, 6) is -0.448. The molecule has 0 radical (unpaired) electrons. The number of carbonyl (C=O) groups is 1. The maximum absolute atomic E-state index is 12.1. The Morgan fingerprint density at radius 3 is 2.44 bits per heavy atom. The van der Waals surface area contributed by atoms with Crippen molar-refractivity contribution in [1.82, 2.24) is 0 Å². The molecule has 0 saturated heterocycles. The molecule has 0 saturated carbocycles. The number of carbonyl (C=O) groups excluding carboxylic acids is 1. The van der Waals surface area contributed by atoms with Crippen LogP contribution in [0.5, 0.6) is 5.75 Å². The molecule has 98 valence electrons. The molecule has 0 amide bonds. The summed E-state index contributed by atoms with van der Waals surface area (Å²) < 4.78 is 39.9. The SMILES string of the molecule is O=Cc1cc(C=CCCO)cc(OC(F)(F)F)c1. The highest BCUT2D eigenvalue weighted by atomic mass is 19.4. The lowest BCUT2D eigenvalue weighted by Gasteiger charge is -2.09. The van der Waals surface area contributed by atoms with Crippen LogP contribution in [-0.4, -0.2) is 24.4 Å². The molecule has 1 rings (SSSR count). The van der Waals surface area contributed by atoms with Crippen LogP contribution in [0, 0.1) is 0 Å². The van der Waals surface area contributed by atoms with Crippen LogP contribution in [0.1, 0.15) is 22.3 Å². The topological polar surface area (TPSA) is 46.5 Å². The van der Waals surface area contributed by atoms with Crippen molar-refractivity contribution >= 4 is 12.4 Å². The normalized spacial score (nSPS) is 11.8. The number of aliphatic hydroxyl groups is 1. The third-order valence-corrected chi connectivity index (χ3v) is 1.93. The highest BCUT2D eigenvalue weighted by Crippen LogP contribution is 2.25. The van der Waals surface area contributed by atoms with Crippen molar-refractivity contribution in [3.63, 3.8) is 0 Å². The van der Waals surface area contributed by atoms with E-state index in [0.717, 1.165) is 12.1 Å². The predicted octanol–water partition coefficient (Wildman–Crippen LogP) is 2.79. The van der Waals surface area contributed by atoms with E-state index in [0.29, 0.717) is 18.3 Å². The summed E-state index contributed by atoms with van der Waals surface area (Å²) >= 11 is 0. The molecule has 0 spiro atoms. The number of rotatable bonds is 5. The summed E-state index contributed by atoms with van der Waals surface area (Å²) in [4.78, 5) is 10.6. The second-order valence-electron chi connectivity index (χ2n) is 3.42. The van der Waals surface area contributed by atoms with Crippen molar-refractivity contribution in [3.8, 4) is 5.75 Å². The summed E-state index contributed by atoms with van der Waals surface area (Å²) in [7, 11) is 0. The van der Waals surface area contributed by atoms with Gasteiger partial charge >= 0.3 is 6.36 Å². The van der Waals surface area contributed by atoms with Gasteiger partial charge in [-0.3, -0.25) is 4.79 Å². The molecule has 1 N–H and O–H groups in total. The number of ether oxygens (including phenoxy) is 1. The lowest BCUT2D eigenvalue weighted by atomic mass is 10.1. The van der Waals surface area contributed by atoms with Crippen molar-refractivity contribution in [2.45, 2.75) is 12.8 Å². The first kappa shape index (κ1) is 14.2. The largest absolute Gasteiger partial charge is 0.573 e. The van der Waals surface area contributed by atoms with E-state index in [9.17, 15) is 18.0 Å². The number of benzene rings is 1. The van der Waals surface area contributed by atoms with Gasteiger partial charge in [-0.15, -0.1) is 13.2 Å². The third-order valence-electron chi connectivity index (χ3n) is 1.93. The fourth-order valence-electron chi connectivity index (χ4n) is 1.30. The van der Waals surface area contributed by atoms with Gasteiger partial charge in [0.05, 0.1) is 0 Å². The molecule has 0 fully saturated rings. The van der Waals surface area contributed by atoms with Crippen LogP contribution in [0.25, 0.3) is 6.08 Å². The summed E-state index contributed by atoms with van der Waals surface area (Å²) in [5, 5.41) is 8.57. The highest BCUT2D eigenvalue weighted by molar-refractivity contribution is 5.77. The van der Waals surface area contributed by atoms with Crippen molar-refractivity contribution in [3.05, 3.63) is 35.4 Å². The first-order valence-corrected chi connectivity index (χ1v) is 5.08. The smallest absolute Gasteiger partial charge is 0.406 e. The Morgan fingerprint density at radius 2 is 1.89 bits per heavy atom. The zero-order valence-corrected chi connectivity index (χ0v) is 9.28. The Kier molecular flexibility index (Phi) is 4.91. The predicted molar refractivity (Wildman–Crippen MR) is 59.2 cm³/mol. The maximum atomic E-state index is 12.1. The van der Waals surface area contributed by atoms with Crippen molar-refractivity contribution in [2.75, 3.05) is 6.61 Å². The minimum absolute atomic E-state index is 0.0597. The van der Waals surface area contributed by atoms with Crippen LogP contribution in [0.2, 0.25) is 0 Å². The van der Waals surface area contributed by atoms with Gasteiger partial charge in [0, 0.05) is 12.2 Å². The van der Waals surface area contributed by atoms with Crippen LogP contribution in [0.3, 0.4) is 0 Å². The monoisotopic (exact) mass is 260 g/mol. The van der Waals surface area contributed by atoms with E-state index in [2.05, 4.69) is 4.74 Å². The summed E-state index contributed by atoms with van der Waals surface area (Å²) in [6, 6.07) is 3.59. The fraction of sp³-hybridized carbons (Fsp3) is 0.250. The van der Waals surface area contributed by atoms with E-state index in [1.54, 1.807) is 6.08 Å². The van der Waals surface area contributed by atoms with Gasteiger partial charge in [0.2, 0.25) is 0 Å². The number of halogens is 3. The van der Waals surface area contributed by atoms with Gasteiger partial charge < -0.3 is 9.84 Å². The van der Waals surface area contributed by atoms with Gasteiger partial charge in [-0.1, -0.05) is 12.2 Å². The highest BCUT2D eigenvalue weighted by Gasteiger charge is 2.31. The zero-order chi connectivity index (χ0) is 13.6. The molecule has 0 aromatic heterocycles. The minimum atomic E-state index is -4.80. The molecule has 0 heterocycles. The van der Waals surface area contributed by atoms with Gasteiger partial charge in [-0.25, -0.2) is 0 Å². The van der Waals surface area contributed by atoms with Crippen LogP contribution < -0.4 is 4.74 Å². The van der Waals surface area contributed by atoms with Crippen LogP contribution >= 0.6 is 0 Å². The number of aliphatic hydroxyl groups excluding tert-OH is 1. The van der Waals surface area contributed by atoms with E-state index >= 15 is 0 Å². The molecular formula is C12H11F3O3. The average molecular weight is 260 g/mol. The molecule has 0 aliphatic carbocycles. The van der Waals surface area contributed by atoms with Gasteiger partial charge in [-0.05, 0) is 30.2 Å². The summed E-state index contributed by atoms with van der Waals surface area (Å²) in [5.41, 5.74) is 0.479. The van der Waals surface area contributed by atoms with Gasteiger partial charge in [0.15, 0.2) is 0 Å². The fourth-order valence-corrected chi connectivity index (χ4v) is 1.30. The van der Waals surface area contributed by atoms with E-state index in [1.165, 1.54) is 12.1 Å². The molecule has 18 heavy (non-hydrogen) atoms. The van der Waals surface area contributed by atoms with E-state index in [4.69, 9.17) is 5.11 Å². The molecule has 6 heteroatoms. The van der Waals surface area contributed by atoms with Crippen molar-refractivity contribution in [2.24, 2.45) is 0 Å². The number of aldehydes is 1. The molecule has 3 nitrogen and oxygen atoms in total. The summed E-state index contributed by atoms with van der Waals surface area (Å²) in [6.07, 6.45) is -0.894. The first-order valence-electron chi connectivity index (χ1n) is 5.08. The van der Waals surface area contributed by atoms with Crippen LogP contribution in [-0.2, 0) is 0 Å². The Morgan fingerprint density at radius 1 is 1.22 bits per heavy atom. The summed E-state index contributed by atoms with van der Waals surface area (Å²) in [6.45, 7) is -0.0597. The lowest BCUT2D eigenvalue weighted by Crippen LogP contribution is -2.17. The average Bonchev–Trinajstić information content (AvgIpc) is 2.26. The van der Waals surface area contributed by atoms with Crippen LogP contribution in [0.15, 0.2) is 24.3 Å². The van der Waals surface area contributed by atoms with Gasteiger partial charge in [0.25, 0.3) is 0 Å². The van der Waals surface area contributed by atoms with Crippen molar-refractivity contribution in [1.29, 1.82) is 0 Å². The molecule has 1 aromatic carbocycles. The quantitative estimate of drug-likeness (QED) is 0.828. The van der Waals surface area contributed by atoms with Gasteiger partial charge in [-0.2, -0.15) is 0 Å². The molecule has 0 bridgehead atoms. The molecule has 0 aliphatic heterocycles.